The average Bonchev–Trinajstić information content (AvgIpc) is 3.11. The summed E-state index contributed by atoms with van der Waals surface area (Å²) in [5.74, 6) is 2.03. The Hall–Kier alpha value is -0.690. The van der Waals surface area contributed by atoms with Crippen LogP contribution in [-0.2, 0) is 4.79 Å². The van der Waals surface area contributed by atoms with Gasteiger partial charge >= 0.3 is 0 Å². The lowest BCUT2D eigenvalue weighted by Gasteiger charge is -2.63. The molecule has 0 spiro atoms. The first-order valence-electron chi connectivity index (χ1n) is 13.1. The fraction of sp³-hybridized carbons (Fsp3) is 0.962. The van der Waals surface area contributed by atoms with Gasteiger partial charge in [0.15, 0.2) is 0 Å². The molecule has 6 heteroatoms. The van der Waals surface area contributed by atoms with Crippen LogP contribution in [0, 0.1) is 46.3 Å². The highest BCUT2D eigenvalue weighted by Gasteiger charge is 2.65. The molecule has 0 heterocycles. The Morgan fingerprint density at radius 2 is 1.84 bits per heavy atom. The molecule has 4 aliphatic carbocycles. The molecule has 0 radical (unpaired) electrons. The van der Waals surface area contributed by atoms with Crippen LogP contribution < -0.4 is 11.1 Å². The Kier molecular flexibility index (Phi) is 7.00. The number of aliphatic hydroxyl groups is 3. The molecule has 6 unspecified atom stereocenters. The first kappa shape index (κ1) is 24.4. The largest absolute Gasteiger partial charge is 0.393 e. The maximum absolute atomic E-state index is 12.1. The predicted octanol–water partition coefficient (Wildman–Crippen LogP) is 2.44. The molecule has 0 aromatic carbocycles. The molecule has 32 heavy (non-hydrogen) atoms. The Balaban J connectivity index is 1.51. The van der Waals surface area contributed by atoms with Crippen LogP contribution in [0.2, 0.25) is 0 Å². The number of carbonyl (C=O) groups excluding carboxylic acids is 1. The molecule has 6 nitrogen and oxygen atoms in total. The van der Waals surface area contributed by atoms with Gasteiger partial charge in [-0.05, 0) is 97.7 Å². The van der Waals surface area contributed by atoms with E-state index in [9.17, 15) is 20.1 Å². The van der Waals surface area contributed by atoms with Crippen molar-refractivity contribution in [1.82, 2.24) is 5.32 Å². The number of fused-ring (bicyclic) bond motifs is 5. The van der Waals surface area contributed by atoms with E-state index >= 15 is 0 Å². The van der Waals surface area contributed by atoms with Gasteiger partial charge in [0, 0.05) is 19.5 Å². The molecule has 1 amide bonds. The van der Waals surface area contributed by atoms with Crippen LogP contribution in [-0.4, -0.2) is 52.6 Å². The first-order valence-corrected chi connectivity index (χ1v) is 13.1. The molecular weight excluding hydrogens is 404 g/mol. The highest BCUT2D eigenvalue weighted by molar-refractivity contribution is 5.75. The molecule has 4 saturated carbocycles. The Morgan fingerprint density at radius 3 is 2.56 bits per heavy atom. The fourth-order valence-corrected chi connectivity index (χ4v) is 8.99. The third kappa shape index (κ3) is 3.93. The van der Waals surface area contributed by atoms with E-state index in [2.05, 4.69) is 26.1 Å². The molecule has 0 aliphatic heterocycles. The van der Waals surface area contributed by atoms with E-state index in [0.29, 0.717) is 49.1 Å². The first-order chi connectivity index (χ1) is 15.1. The summed E-state index contributed by atoms with van der Waals surface area (Å²) in [4.78, 5) is 12.1. The van der Waals surface area contributed by atoms with Crippen LogP contribution in [0.4, 0.5) is 0 Å². The van der Waals surface area contributed by atoms with Gasteiger partial charge in [0.25, 0.3) is 0 Å². The minimum absolute atomic E-state index is 0.0624. The summed E-state index contributed by atoms with van der Waals surface area (Å²) in [6, 6.07) is 0. The predicted molar refractivity (Wildman–Crippen MR) is 124 cm³/mol. The van der Waals surface area contributed by atoms with Crippen molar-refractivity contribution in [2.75, 3.05) is 13.1 Å². The molecule has 0 aromatic rings. The van der Waals surface area contributed by atoms with E-state index < -0.39 is 0 Å². The van der Waals surface area contributed by atoms with Gasteiger partial charge in [-0.2, -0.15) is 0 Å². The Morgan fingerprint density at radius 1 is 1.09 bits per heavy atom. The summed E-state index contributed by atoms with van der Waals surface area (Å²) in [6.07, 6.45) is 6.70. The van der Waals surface area contributed by atoms with Gasteiger partial charge in [0.1, 0.15) is 0 Å². The van der Waals surface area contributed by atoms with Crippen LogP contribution in [0.25, 0.3) is 0 Å². The molecule has 4 rings (SSSR count). The minimum atomic E-state index is -0.371. The van der Waals surface area contributed by atoms with Crippen molar-refractivity contribution < 1.29 is 20.1 Å². The summed E-state index contributed by atoms with van der Waals surface area (Å²) in [5.41, 5.74) is 5.39. The standard InChI is InChI=1S/C26H46N2O4/c1-15(4-7-23(32)28-11-10-27)18-5-6-19-24-20(14-22(31)26(18,19)3)25(2)9-8-17(29)12-16(25)13-21(24)30/h15-22,24,29-31H,4-14,27H2,1-3H3,(H,28,32)/t15?,16?,17-,18-,19?,20?,21?,22+,24?,25+,26-/m1/s1. The number of aliphatic hydroxyl groups excluding tert-OH is 3. The van der Waals surface area contributed by atoms with Gasteiger partial charge in [-0.3, -0.25) is 4.79 Å². The monoisotopic (exact) mass is 450 g/mol. The zero-order valence-corrected chi connectivity index (χ0v) is 20.3. The maximum Gasteiger partial charge on any atom is 0.220 e. The van der Waals surface area contributed by atoms with Crippen molar-refractivity contribution in [2.45, 2.75) is 96.9 Å². The molecule has 0 aromatic heterocycles. The molecule has 11 atom stereocenters. The smallest absolute Gasteiger partial charge is 0.220 e. The average molecular weight is 451 g/mol. The lowest BCUT2D eigenvalue weighted by molar-refractivity contribution is -0.207. The number of amides is 1. The Labute approximate surface area is 193 Å². The maximum atomic E-state index is 12.1. The molecular formula is C26H46N2O4. The number of nitrogens with two attached hydrogens (primary N) is 1. The fourth-order valence-electron chi connectivity index (χ4n) is 8.99. The van der Waals surface area contributed by atoms with E-state index in [1.54, 1.807) is 0 Å². The second-order valence-corrected chi connectivity index (χ2v) is 12.2. The summed E-state index contributed by atoms with van der Waals surface area (Å²) in [6.45, 7) is 7.86. The molecule has 184 valence electrons. The highest BCUT2D eigenvalue weighted by Crippen LogP contribution is 2.68. The van der Waals surface area contributed by atoms with Crippen molar-refractivity contribution >= 4 is 5.91 Å². The summed E-state index contributed by atoms with van der Waals surface area (Å²) >= 11 is 0. The zero-order valence-electron chi connectivity index (χ0n) is 20.3. The van der Waals surface area contributed by atoms with Gasteiger partial charge in [0.05, 0.1) is 18.3 Å². The number of hydrogen-bond acceptors (Lipinski definition) is 5. The molecule has 4 aliphatic rings. The topological polar surface area (TPSA) is 116 Å². The van der Waals surface area contributed by atoms with Crippen molar-refractivity contribution in [3.8, 4) is 0 Å². The summed E-state index contributed by atoms with van der Waals surface area (Å²) < 4.78 is 0. The van der Waals surface area contributed by atoms with Gasteiger partial charge in [-0.1, -0.05) is 20.8 Å². The van der Waals surface area contributed by atoms with E-state index in [0.717, 1.165) is 51.4 Å². The summed E-state index contributed by atoms with van der Waals surface area (Å²) in [7, 11) is 0. The van der Waals surface area contributed by atoms with Gasteiger partial charge < -0.3 is 26.4 Å². The van der Waals surface area contributed by atoms with Gasteiger partial charge in [-0.25, -0.2) is 0 Å². The lowest BCUT2D eigenvalue weighted by Crippen LogP contribution is -2.62. The molecule has 4 fully saturated rings. The molecule has 0 bridgehead atoms. The number of carbonyl (C=O) groups is 1. The number of hydrogen-bond donors (Lipinski definition) is 5. The number of nitrogens with one attached hydrogen (secondary N) is 1. The van der Waals surface area contributed by atoms with Gasteiger partial charge in [0.2, 0.25) is 5.91 Å². The quantitative estimate of drug-likeness (QED) is 0.426. The van der Waals surface area contributed by atoms with Crippen molar-refractivity contribution in [3.05, 3.63) is 0 Å². The van der Waals surface area contributed by atoms with Crippen LogP contribution in [0.3, 0.4) is 0 Å². The van der Waals surface area contributed by atoms with Crippen LogP contribution in [0.15, 0.2) is 0 Å². The van der Waals surface area contributed by atoms with E-state index in [1.165, 1.54) is 0 Å². The zero-order chi connectivity index (χ0) is 23.3. The molecule has 0 saturated heterocycles. The second kappa shape index (κ2) is 9.16. The van der Waals surface area contributed by atoms with Crippen LogP contribution >= 0.6 is 0 Å². The van der Waals surface area contributed by atoms with E-state index in [4.69, 9.17) is 5.73 Å². The van der Waals surface area contributed by atoms with Crippen LogP contribution in [0.1, 0.15) is 78.6 Å². The van der Waals surface area contributed by atoms with Crippen molar-refractivity contribution in [2.24, 2.45) is 52.1 Å². The van der Waals surface area contributed by atoms with Crippen molar-refractivity contribution in [3.63, 3.8) is 0 Å². The normalized spacial score (nSPS) is 49.0. The molecule has 6 N–H and O–H groups in total. The van der Waals surface area contributed by atoms with E-state index in [-0.39, 0.29) is 41.0 Å². The SMILES string of the molecule is CC(CCC(=O)NCCN)[C@H]1CCC2C3C(O)CC4C[C@H](O)CC[C@]4(C)C3C[C@H](O)[C@@]21C. The van der Waals surface area contributed by atoms with E-state index in [1.807, 2.05) is 0 Å². The second-order valence-electron chi connectivity index (χ2n) is 12.2. The lowest BCUT2D eigenvalue weighted by atomic mass is 9.43. The third-order valence-corrected chi connectivity index (χ3v) is 10.8. The van der Waals surface area contributed by atoms with Gasteiger partial charge in [-0.15, -0.1) is 0 Å². The number of rotatable bonds is 6. The van der Waals surface area contributed by atoms with Crippen molar-refractivity contribution in [1.29, 1.82) is 0 Å². The third-order valence-electron chi connectivity index (χ3n) is 10.8. The highest BCUT2D eigenvalue weighted by atomic mass is 16.3. The van der Waals surface area contributed by atoms with Crippen LogP contribution in [0.5, 0.6) is 0 Å². The Bertz CT molecular complexity index is 689. The summed E-state index contributed by atoms with van der Waals surface area (Å²) in [5, 5.41) is 36.1. The minimum Gasteiger partial charge on any atom is -0.393 e.